The van der Waals surface area contributed by atoms with Gasteiger partial charge in [0.1, 0.15) is 60.5 Å². The van der Waals surface area contributed by atoms with Gasteiger partial charge in [0.15, 0.2) is 0 Å². The molecule has 1 fully saturated rings. The molecule has 0 saturated carbocycles. The Balaban J connectivity index is 4.15. The highest BCUT2D eigenvalue weighted by molar-refractivity contribution is 5.99. The summed E-state index contributed by atoms with van der Waals surface area (Å²) in [5.74, 6) is -13.3. The third-order valence-electron chi connectivity index (χ3n) is 12.4. The van der Waals surface area contributed by atoms with Crippen molar-refractivity contribution in [3.05, 3.63) is 0 Å². The first-order valence-corrected chi connectivity index (χ1v) is 26.0. The lowest BCUT2D eigenvalue weighted by atomic mass is 9.96. The number of aliphatic carboxylic acids is 1. The first-order chi connectivity index (χ1) is 34.9. The summed E-state index contributed by atoms with van der Waals surface area (Å²) in [6.45, 7) is 19.8. The number of aliphatic hydroxyl groups excluding tert-OH is 2. The number of esters is 1. The number of carboxylic acids is 1. The fourth-order valence-corrected chi connectivity index (χ4v) is 7.95. The van der Waals surface area contributed by atoms with Crippen molar-refractivity contribution in [2.45, 2.75) is 201 Å². The minimum Gasteiger partial charge on any atom is -0.481 e. The molecule has 0 aromatic carbocycles. The van der Waals surface area contributed by atoms with Gasteiger partial charge in [-0.3, -0.25) is 47.9 Å². The highest BCUT2D eigenvalue weighted by Crippen LogP contribution is 2.16. The van der Waals surface area contributed by atoms with Gasteiger partial charge in [0.2, 0.25) is 53.2 Å². The van der Waals surface area contributed by atoms with Crippen LogP contribution in [0.4, 0.5) is 0 Å². The molecule has 0 aromatic heterocycles. The molecular weight excluding hydrogens is 981 g/mol. The Bertz CT molecular complexity index is 1970. The topological polar surface area (TPSA) is 392 Å². The van der Waals surface area contributed by atoms with Crippen LogP contribution in [0.3, 0.4) is 0 Å². The smallest absolute Gasteiger partial charge is 0.329 e. The van der Waals surface area contributed by atoms with Gasteiger partial charge >= 0.3 is 11.9 Å². The molecule has 0 radical (unpaired) electrons. The van der Waals surface area contributed by atoms with Crippen LogP contribution >= 0.6 is 0 Å². The van der Waals surface area contributed by atoms with Crippen LogP contribution in [0.15, 0.2) is 0 Å². The molecule has 25 nitrogen and oxygen atoms in total. The van der Waals surface area contributed by atoms with Crippen LogP contribution in [-0.4, -0.2) is 160 Å². The average Bonchev–Trinajstić information content (AvgIpc) is 3.30. The largest absolute Gasteiger partial charge is 0.481 e. The van der Waals surface area contributed by atoms with E-state index in [0.717, 1.165) is 0 Å². The molecule has 25 heteroatoms. The van der Waals surface area contributed by atoms with Crippen molar-refractivity contribution in [3.63, 3.8) is 0 Å². The molecule has 12 atom stereocenters. The van der Waals surface area contributed by atoms with Crippen LogP contribution in [0.5, 0.6) is 0 Å². The predicted octanol–water partition coefficient (Wildman–Crippen LogP) is -1.64. The van der Waals surface area contributed by atoms with E-state index >= 15 is 0 Å². The number of rotatable bonds is 20. The van der Waals surface area contributed by atoms with Crippen molar-refractivity contribution in [2.75, 3.05) is 13.2 Å². The predicted molar refractivity (Wildman–Crippen MR) is 274 cm³/mol. The number of carbonyl (C=O) groups excluding carboxylic acids is 10. The highest BCUT2D eigenvalue weighted by Gasteiger charge is 2.40. The second-order valence-electron chi connectivity index (χ2n) is 21.5. The van der Waals surface area contributed by atoms with Gasteiger partial charge in [0.05, 0.1) is 19.3 Å². The monoisotopic (exact) mass is 1070 g/mol. The Morgan fingerprint density at radius 2 is 0.973 bits per heavy atom. The molecule has 75 heavy (non-hydrogen) atoms. The van der Waals surface area contributed by atoms with E-state index in [9.17, 15) is 68.1 Å². The summed E-state index contributed by atoms with van der Waals surface area (Å²) >= 11 is 0. The van der Waals surface area contributed by atoms with Crippen molar-refractivity contribution in [2.24, 2.45) is 41.2 Å². The minimum absolute atomic E-state index is 0.0122. The Kier molecular flexibility index (Phi) is 29.0. The van der Waals surface area contributed by atoms with Crippen LogP contribution in [0.2, 0.25) is 0 Å². The lowest BCUT2D eigenvalue weighted by Crippen LogP contribution is -2.63. The first kappa shape index (κ1) is 67.1. The maximum Gasteiger partial charge on any atom is 0.329 e. The molecule has 1 saturated heterocycles. The van der Waals surface area contributed by atoms with E-state index in [1.807, 2.05) is 0 Å². The summed E-state index contributed by atoms with van der Waals surface area (Å²) < 4.78 is 5.77. The summed E-state index contributed by atoms with van der Waals surface area (Å²) in [6.07, 6.45) is -2.29. The Morgan fingerprint density at radius 3 is 1.36 bits per heavy atom. The van der Waals surface area contributed by atoms with Gasteiger partial charge < -0.3 is 73.6 Å². The molecule has 1 heterocycles. The lowest BCUT2D eigenvalue weighted by Gasteiger charge is -2.32. The molecular formula is C50H88N10O15. The van der Waals surface area contributed by atoms with E-state index in [4.69, 9.17) is 10.5 Å². The lowest BCUT2D eigenvalue weighted by molar-refractivity contribution is -0.157. The van der Waals surface area contributed by atoms with Crippen LogP contribution in [-0.2, 0) is 57.5 Å². The molecule has 14 N–H and O–H groups in total. The third-order valence-corrected chi connectivity index (χ3v) is 12.4. The summed E-state index contributed by atoms with van der Waals surface area (Å²) in [4.78, 5) is 152. The highest BCUT2D eigenvalue weighted by atomic mass is 16.5. The Hall–Kier alpha value is -5.95. The molecule has 1 aliphatic heterocycles. The number of carboxylic acid groups (broad SMARTS) is 1. The van der Waals surface area contributed by atoms with Gasteiger partial charge in [-0.1, -0.05) is 89.5 Å². The van der Waals surface area contributed by atoms with Gasteiger partial charge in [0, 0.05) is 6.42 Å². The zero-order chi connectivity index (χ0) is 57.6. The second kappa shape index (κ2) is 32.5. The number of aliphatic hydroxyl groups is 2. The van der Waals surface area contributed by atoms with Crippen LogP contribution in [0, 0.1) is 35.5 Å². The number of nitrogens with one attached hydrogen (secondary N) is 9. The molecule has 0 bridgehead atoms. The molecule has 1 rings (SSSR count). The van der Waals surface area contributed by atoms with E-state index < -0.39 is 170 Å². The van der Waals surface area contributed by atoms with Gasteiger partial charge in [-0.25, -0.2) is 4.79 Å². The average molecular weight is 1070 g/mol. The van der Waals surface area contributed by atoms with E-state index in [-0.39, 0.29) is 55.8 Å². The number of carbonyl (C=O) groups is 11. The number of nitrogens with two attached hydrogens (primary N) is 1. The van der Waals surface area contributed by atoms with Crippen LogP contribution < -0.4 is 53.6 Å². The maximum atomic E-state index is 14.6. The normalized spacial score (nSPS) is 25.8. The summed E-state index contributed by atoms with van der Waals surface area (Å²) in [6, 6.07) is -15.1. The SMILES string of the molecule is CC[C@H](C)[C@H]1NC(=O)[C@H](NC(=O)[C@@H](CCC(=O)O)NC(=O)[C@@H](N)CC(C)C)[C@@H](C)OC(=O)[C@H](C(C)C)NC(=O)[C@@H](CO)NC(=O)[C@H](CC(C)C)NC(=O)[C@H](CC(C)C)NC(=O)[C@@H](CO)NC(=O)[C@@H](CC(C)C)NC1=O. The number of hydrogen-bond donors (Lipinski definition) is 13. The molecule has 428 valence electrons. The Labute approximate surface area is 440 Å². The fraction of sp³-hybridized carbons (Fsp3) is 0.780. The van der Waals surface area contributed by atoms with E-state index in [1.54, 1.807) is 69.2 Å². The summed E-state index contributed by atoms with van der Waals surface area (Å²) in [7, 11) is 0. The number of amides is 9. The molecule has 1 aliphatic rings. The Morgan fingerprint density at radius 1 is 0.573 bits per heavy atom. The molecule has 0 spiro atoms. The second-order valence-corrected chi connectivity index (χ2v) is 21.5. The number of cyclic esters (lactones) is 1. The zero-order valence-electron chi connectivity index (χ0n) is 46.0. The van der Waals surface area contributed by atoms with Gasteiger partial charge in [0.25, 0.3) is 0 Å². The van der Waals surface area contributed by atoms with Crippen molar-refractivity contribution in [1.29, 1.82) is 0 Å². The summed E-state index contributed by atoms with van der Waals surface area (Å²) in [5.41, 5.74) is 6.08. The number of hydrogen-bond acceptors (Lipinski definition) is 15. The first-order valence-electron chi connectivity index (χ1n) is 26.0. The molecule has 0 unspecified atom stereocenters. The van der Waals surface area contributed by atoms with Crippen LogP contribution in [0.1, 0.15) is 135 Å². The number of ether oxygens (including phenoxy) is 1. The maximum absolute atomic E-state index is 14.6. The molecule has 0 aromatic rings. The van der Waals surface area contributed by atoms with E-state index in [2.05, 4.69) is 47.9 Å². The van der Waals surface area contributed by atoms with Crippen molar-refractivity contribution >= 4 is 65.1 Å². The van der Waals surface area contributed by atoms with E-state index in [0.29, 0.717) is 0 Å². The van der Waals surface area contributed by atoms with Crippen molar-refractivity contribution in [1.82, 2.24) is 47.9 Å². The summed E-state index contributed by atoms with van der Waals surface area (Å²) in [5, 5.41) is 52.9. The zero-order valence-corrected chi connectivity index (χ0v) is 46.0. The van der Waals surface area contributed by atoms with Crippen molar-refractivity contribution < 1.29 is 72.8 Å². The standard InChI is InChI=1S/C50H88N10O15/c1-14-28(12)39-48(72)55-34(20-26(8)9)45(69)56-35(21-61)46(70)54-32(18-24(4)5)43(67)53-33(19-25(6)7)44(68)57-36(22-62)47(71)58-38(27(10)11)50(74)75-29(13)40(49(73)59-39)60-42(66)31(15-16-37(63)64)52-41(65)30(51)17-23(2)3/h23-36,38-40,61-62H,14-22,51H2,1-13H3,(H,52,65)(H,53,67)(H,54,70)(H,55,72)(H,56,69)(H,57,68)(H,58,71)(H,59,73)(H,60,66)(H,63,64)/t28-,29+,30-,31+,32-,33-,34+,35+,36+,38-,39+,40+/m0/s1. The quantitative estimate of drug-likeness (QED) is 0.0608. The van der Waals surface area contributed by atoms with Gasteiger partial charge in [-0.2, -0.15) is 0 Å². The molecule has 0 aliphatic carbocycles. The van der Waals surface area contributed by atoms with E-state index in [1.165, 1.54) is 20.8 Å². The third kappa shape index (κ3) is 23.2. The van der Waals surface area contributed by atoms with Gasteiger partial charge in [-0.15, -0.1) is 0 Å². The minimum atomic E-state index is -1.91. The molecule has 9 amide bonds. The van der Waals surface area contributed by atoms with Crippen LogP contribution in [0.25, 0.3) is 0 Å². The fourth-order valence-electron chi connectivity index (χ4n) is 7.95. The van der Waals surface area contributed by atoms with Gasteiger partial charge in [-0.05, 0) is 74.5 Å². The van der Waals surface area contributed by atoms with Crippen molar-refractivity contribution in [3.8, 4) is 0 Å².